The minimum atomic E-state index is -1.57. The largest absolute Gasteiger partial charge is 0.452 e. The highest BCUT2D eigenvalue weighted by molar-refractivity contribution is 6.37. The third kappa shape index (κ3) is 4.41. The number of nitrogens with zero attached hydrogens (tertiary/aromatic N) is 5. The number of pyridine rings is 2. The Labute approximate surface area is 221 Å². The first-order chi connectivity index (χ1) is 18.0. The van der Waals surface area contributed by atoms with Crippen LogP contribution in [0.15, 0.2) is 85.5 Å². The average Bonchev–Trinajstić information content (AvgIpc) is 3.38. The first kappa shape index (κ1) is 24.7. The molecule has 2 aromatic carbocycles. The van der Waals surface area contributed by atoms with Crippen LogP contribution in [0.1, 0.15) is 30.8 Å². The van der Waals surface area contributed by atoms with Crippen molar-refractivity contribution >= 4 is 28.3 Å². The predicted molar refractivity (Wildman–Crippen MR) is 146 cm³/mol. The Morgan fingerprint density at radius 3 is 2.43 bits per heavy atom. The zero-order chi connectivity index (χ0) is 26.0. The quantitative estimate of drug-likeness (QED) is 0.277. The van der Waals surface area contributed by atoms with E-state index in [2.05, 4.69) is 28.7 Å². The van der Waals surface area contributed by atoms with E-state index < -0.39 is 5.60 Å². The molecule has 3 heterocycles. The number of benzene rings is 2. The van der Waals surface area contributed by atoms with Crippen molar-refractivity contribution in [1.82, 2.24) is 19.5 Å². The van der Waals surface area contributed by atoms with Gasteiger partial charge < -0.3 is 19.3 Å². The number of halogens is 1. The lowest BCUT2D eigenvalue weighted by Crippen LogP contribution is -2.32. The third-order valence-corrected chi connectivity index (χ3v) is 6.90. The van der Waals surface area contributed by atoms with Gasteiger partial charge in [-0.15, -0.1) is 0 Å². The van der Waals surface area contributed by atoms with Crippen molar-refractivity contribution in [2.24, 2.45) is 7.05 Å². The summed E-state index contributed by atoms with van der Waals surface area (Å²) in [5.74, 6) is 1.81. The van der Waals surface area contributed by atoms with Gasteiger partial charge in [0.2, 0.25) is 0 Å². The maximum absolute atomic E-state index is 12.2. The van der Waals surface area contributed by atoms with Crippen molar-refractivity contribution in [2.75, 3.05) is 18.0 Å². The molecule has 0 fully saturated rings. The van der Waals surface area contributed by atoms with Gasteiger partial charge in [0.1, 0.15) is 5.75 Å². The van der Waals surface area contributed by atoms with E-state index >= 15 is 0 Å². The second kappa shape index (κ2) is 10.2. The van der Waals surface area contributed by atoms with Crippen LogP contribution in [0, 0.1) is 0 Å². The molecule has 0 saturated heterocycles. The maximum atomic E-state index is 12.2. The Balaban J connectivity index is 1.75. The molecule has 0 aliphatic carbocycles. The van der Waals surface area contributed by atoms with E-state index in [-0.39, 0.29) is 0 Å². The Morgan fingerprint density at radius 1 is 1.03 bits per heavy atom. The molecule has 8 heteroatoms. The van der Waals surface area contributed by atoms with Gasteiger partial charge in [-0.2, -0.15) is 0 Å². The Bertz CT molecular complexity index is 1520. The molecule has 5 aromatic rings. The number of imidazole rings is 1. The summed E-state index contributed by atoms with van der Waals surface area (Å²) in [6, 6.07) is 20.6. The molecule has 1 atom stereocenters. The molecule has 0 spiro atoms. The summed E-state index contributed by atoms with van der Waals surface area (Å²) < 4.78 is 8.09. The SMILES string of the molecule is CCN(CC)c1nc2ccc(C(O)(c3ccccn3)c3cncn3C)cc2c(Cl)c1Oc1ccccc1. The van der Waals surface area contributed by atoms with E-state index in [4.69, 9.17) is 21.3 Å². The summed E-state index contributed by atoms with van der Waals surface area (Å²) in [5.41, 5.74) is 0.775. The molecule has 0 saturated carbocycles. The van der Waals surface area contributed by atoms with Crippen LogP contribution < -0.4 is 9.64 Å². The molecule has 0 aliphatic rings. The van der Waals surface area contributed by atoms with Crippen molar-refractivity contribution in [1.29, 1.82) is 0 Å². The van der Waals surface area contributed by atoms with Gasteiger partial charge in [-0.1, -0.05) is 41.9 Å². The third-order valence-electron chi connectivity index (χ3n) is 6.53. The molecule has 3 aromatic heterocycles. The number of hydrogen-bond acceptors (Lipinski definition) is 6. The molecule has 7 nitrogen and oxygen atoms in total. The van der Waals surface area contributed by atoms with Gasteiger partial charge in [-0.05, 0) is 55.8 Å². The highest BCUT2D eigenvalue weighted by Gasteiger charge is 2.38. The fraction of sp³-hybridized carbons (Fsp3) is 0.207. The van der Waals surface area contributed by atoms with E-state index in [1.165, 1.54) is 0 Å². The number of ether oxygens (including phenoxy) is 1. The summed E-state index contributed by atoms with van der Waals surface area (Å²) in [6.45, 7) is 5.63. The number of aryl methyl sites for hydroxylation is 1. The van der Waals surface area contributed by atoms with Crippen LogP contribution in [-0.4, -0.2) is 37.7 Å². The number of para-hydroxylation sites is 1. The van der Waals surface area contributed by atoms with Gasteiger partial charge in [-0.3, -0.25) is 4.98 Å². The molecule has 0 amide bonds. The second-order valence-electron chi connectivity index (χ2n) is 8.71. The van der Waals surface area contributed by atoms with E-state index in [1.807, 2.05) is 67.7 Å². The number of hydrogen-bond donors (Lipinski definition) is 1. The van der Waals surface area contributed by atoms with Gasteiger partial charge in [0.05, 0.1) is 34.5 Å². The van der Waals surface area contributed by atoms with Crippen LogP contribution >= 0.6 is 11.6 Å². The molecule has 5 rings (SSSR count). The monoisotopic (exact) mass is 513 g/mol. The van der Waals surface area contributed by atoms with Gasteiger partial charge in [0.25, 0.3) is 0 Å². The van der Waals surface area contributed by atoms with Crippen molar-refractivity contribution in [3.8, 4) is 11.5 Å². The van der Waals surface area contributed by atoms with Crippen molar-refractivity contribution < 1.29 is 9.84 Å². The topological polar surface area (TPSA) is 76.3 Å². The molecule has 0 aliphatic heterocycles. The van der Waals surface area contributed by atoms with Crippen molar-refractivity contribution in [2.45, 2.75) is 19.4 Å². The lowest BCUT2D eigenvalue weighted by molar-refractivity contribution is 0.113. The molecule has 188 valence electrons. The fourth-order valence-corrected chi connectivity index (χ4v) is 4.84. The summed E-state index contributed by atoms with van der Waals surface area (Å²) in [4.78, 5) is 15.8. The van der Waals surface area contributed by atoms with Gasteiger partial charge in [0, 0.05) is 31.7 Å². The smallest absolute Gasteiger partial charge is 0.189 e. The van der Waals surface area contributed by atoms with Crippen LogP contribution in [0.25, 0.3) is 10.9 Å². The minimum absolute atomic E-state index is 0.422. The van der Waals surface area contributed by atoms with Gasteiger partial charge >= 0.3 is 0 Å². The van der Waals surface area contributed by atoms with E-state index in [1.54, 1.807) is 29.4 Å². The maximum Gasteiger partial charge on any atom is 0.189 e. The number of aliphatic hydroxyl groups is 1. The van der Waals surface area contributed by atoms with Crippen LogP contribution in [-0.2, 0) is 12.6 Å². The first-order valence-corrected chi connectivity index (χ1v) is 12.6. The standard InChI is InChI=1S/C29H28ClN5O2/c1-4-35(5-2)28-27(37-21-11-7-6-8-12-21)26(30)22-17-20(14-15-23(22)33-28)29(36,24-13-9-10-16-32-24)25-18-31-19-34(25)3/h6-19,36H,4-5H2,1-3H3. The van der Waals surface area contributed by atoms with E-state index in [0.29, 0.717) is 50.2 Å². The summed E-state index contributed by atoms with van der Waals surface area (Å²) in [5, 5.41) is 13.3. The molecule has 1 unspecified atom stereocenters. The van der Waals surface area contributed by atoms with Crippen LogP contribution in [0.4, 0.5) is 5.82 Å². The van der Waals surface area contributed by atoms with Crippen LogP contribution in [0.5, 0.6) is 11.5 Å². The summed E-state index contributed by atoms with van der Waals surface area (Å²) in [7, 11) is 1.84. The van der Waals surface area contributed by atoms with Crippen LogP contribution in [0.3, 0.4) is 0 Å². The molecular formula is C29H28ClN5O2. The summed E-state index contributed by atoms with van der Waals surface area (Å²) >= 11 is 7.07. The lowest BCUT2D eigenvalue weighted by Gasteiger charge is -2.29. The second-order valence-corrected chi connectivity index (χ2v) is 9.09. The first-order valence-electron chi connectivity index (χ1n) is 12.2. The zero-order valence-corrected chi connectivity index (χ0v) is 21.7. The molecular weight excluding hydrogens is 486 g/mol. The number of fused-ring (bicyclic) bond motifs is 1. The van der Waals surface area contributed by atoms with Gasteiger partial charge in [0.15, 0.2) is 17.2 Å². The van der Waals surface area contributed by atoms with Gasteiger partial charge in [-0.25, -0.2) is 9.97 Å². The molecule has 37 heavy (non-hydrogen) atoms. The lowest BCUT2D eigenvalue weighted by atomic mass is 9.86. The minimum Gasteiger partial charge on any atom is -0.452 e. The van der Waals surface area contributed by atoms with Crippen LogP contribution in [0.2, 0.25) is 5.02 Å². The van der Waals surface area contributed by atoms with E-state index in [9.17, 15) is 5.11 Å². The fourth-order valence-electron chi connectivity index (χ4n) is 4.56. The Kier molecular flexibility index (Phi) is 6.82. The van der Waals surface area contributed by atoms with Crippen molar-refractivity contribution in [3.63, 3.8) is 0 Å². The molecule has 0 bridgehead atoms. The Hall–Kier alpha value is -3.94. The highest BCUT2D eigenvalue weighted by Crippen LogP contribution is 2.44. The number of aromatic nitrogens is 4. The molecule has 0 radical (unpaired) electrons. The van der Waals surface area contributed by atoms with Crippen molar-refractivity contribution in [3.05, 3.63) is 107 Å². The average molecular weight is 514 g/mol. The number of anilines is 1. The zero-order valence-electron chi connectivity index (χ0n) is 21.0. The number of rotatable bonds is 8. The van der Waals surface area contributed by atoms with E-state index in [0.717, 1.165) is 13.1 Å². The molecule has 1 N–H and O–H groups in total. The highest BCUT2D eigenvalue weighted by atomic mass is 35.5. The normalized spacial score (nSPS) is 12.9. The summed E-state index contributed by atoms with van der Waals surface area (Å²) in [6.07, 6.45) is 4.96. The predicted octanol–water partition coefficient (Wildman–Crippen LogP) is 5.94. The Morgan fingerprint density at radius 2 is 1.78 bits per heavy atom.